The molecule has 18 heavy (non-hydrogen) atoms. The van der Waals surface area contributed by atoms with Crippen LogP contribution in [0.4, 0.5) is 0 Å². The minimum Gasteiger partial charge on any atom is -0.464 e. The first-order valence-electron chi connectivity index (χ1n) is 5.74. The molecule has 0 bridgehead atoms. The maximum atomic E-state index is 11.3. The lowest BCUT2D eigenvalue weighted by Crippen LogP contribution is -1.98. The van der Waals surface area contributed by atoms with E-state index in [1.165, 1.54) is 6.07 Å². The first-order valence-corrected chi connectivity index (χ1v) is 5.74. The van der Waals surface area contributed by atoms with Gasteiger partial charge in [-0.15, -0.1) is 0 Å². The molecular weight excluding hydrogens is 228 g/mol. The van der Waals surface area contributed by atoms with E-state index in [2.05, 4.69) is 0 Å². The predicted octanol–water partition coefficient (Wildman–Crippen LogP) is 3.67. The molecule has 0 unspecified atom stereocenters. The Morgan fingerprint density at radius 3 is 2.61 bits per heavy atom. The number of benzene rings is 1. The zero-order valence-corrected chi connectivity index (χ0v) is 10.2. The van der Waals surface area contributed by atoms with Crippen molar-refractivity contribution in [3.05, 3.63) is 58.1 Å². The minimum atomic E-state index is -0.315. The van der Waals surface area contributed by atoms with Crippen LogP contribution in [-0.4, -0.2) is 0 Å². The molecule has 0 amide bonds. The lowest BCUT2D eigenvalue weighted by atomic mass is 10.0. The number of aryl methyl sites for hydroxylation is 2. The Hall–Kier alpha value is -2.29. The van der Waals surface area contributed by atoms with Crippen molar-refractivity contribution in [1.29, 1.82) is 0 Å². The molecule has 0 radical (unpaired) electrons. The largest absolute Gasteiger partial charge is 0.464 e. The van der Waals surface area contributed by atoms with Crippen molar-refractivity contribution in [2.24, 2.45) is 0 Å². The molecule has 3 nitrogen and oxygen atoms in total. The van der Waals surface area contributed by atoms with Gasteiger partial charge in [-0.3, -0.25) is 0 Å². The van der Waals surface area contributed by atoms with E-state index in [4.69, 9.17) is 8.83 Å². The SMILES string of the molecule is Cc1cc2oc(=O)cc(C)c2cc1-c1ccco1. The van der Waals surface area contributed by atoms with E-state index in [0.29, 0.717) is 5.58 Å². The zero-order chi connectivity index (χ0) is 12.7. The predicted molar refractivity (Wildman–Crippen MR) is 69.7 cm³/mol. The molecule has 2 aromatic heterocycles. The summed E-state index contributed by atoms with van der Waals surface area (Å²) in [4.78, 5) is 11.3. The first kappa shape index (κ1) is 10.8. The summed E-state index contributed by atoms with van der Waals surface area (Å²) in [7, 11) is 0. The van der Waals surface area contributed by atoms with Gasteiger partial charge in [0.1, 0.15) is 11.3 Å². The van der Waals surface area contributed by atoms with Crippen molar-refractivity contribution < 1.29 is 8.83 Å². The van der Waals surface area contributed by atoms with Gasteiger partial charge < -0.3 is 8.83 Å². The van der Waals surface area contributed by atoms with Gasteiger partial charge in [-0.05, 0) is 49.2 Å². The minimum absolute atomic E-state index is 0.315. The van der Waals surface area contributed by atoms with E-state index >= 15 is 0 Å². The molecule has 3 rings (SSSR count). The summed E-state index contributed by atoms with van der Waals surface area (Å²) in [6, 6.07) is 9.16. The van der Waals surface area contributed by atoms with Crippen LogP contribution in [0, 0.1) is 13.8 Å². The van der Waals surface area contributed by atoms with Crippen molar-refractivity contribution in [2.45, 2.75) is 13.8 Å². The molecule has 0 saturated heterocycles. The second-order valence-corrected chi connectivity index (χ2v) is 4.39. The molecule has 0 aliphatic carbocycles. The third-order valence-corrected chi connectivity index (χ3v) is 3.08. The fraction of sp³-hybridized carbons (Fsp3) is 0.133. The highest BCUT2D eigenvalue weighted by Gasteiger charge is 2.09. The van der Waals surface area contributed by atoms with Crippen molar-refractivity contribution in [2.75, 3.05) is 0 Å². The topological polar surface area (TPSA) is 43.4 Å². The quantitative estimate of drug-likeness (QED) is 0.609. The number of furan rings is 1. The van der Waals surface area contributed by atoms with Gasteiger partial charge in [-0.1, -0.05) is 0 Å². The second-order valence-electron chi connectivity index (χ2n) is 4.39. The van der Waals surface area contributed by atoms with Crippen molar-refractivity contribution >= 4 is 11.0 Å². The summed E-state index contributed by atoms with van der Waals surface area (Å²) in [5.41, 5.74) is 3.25. The molecule has 0 fully saturated rings. The smallest absolute Gasteiger partial charge is 0.336 e. The summed E-state index contributed by atoms with van der Waals surface area (Å²) in [5, 5.41) is 0.937. The van der Waals surface area contributed by atoms with E-state index in [1.54, 1.807) is 6.26 Å². The third-order valence-electron chi connectivity index (χ3n) is 3.08. The van der Waals surface area contributed by atoms with Gasteiger partial charge in [0, 0.05) is 17.0 Å². The fourth-order valence-corrected chi connectivity index (χ4v) is 2.16. The first-order chi connectivity index (χ1) is 8.65. The van der Waals surface area contributed by atoms with Crippen LogP contribution in [0.2, 0.25) is 0 Å². The monoisotopic (exact) mass is 240 g/mol. The molecule has 0 aliphatic heterocycles. The number of hydrogen-bond donors (Lipinski definition) is 0. The van der Waals surface area contributed by atoms with Crippen molar-refractivity contribution in [3.8, 4) is 11.3 Å². The molecule has 0 N–H and O–H groups in total. The highest BCUT2D eigenvalue weighted by molar-refractivity contribution is 5.86. The summed E-state index contributed by atoms with van der Waals surface area (Å²) >= 11 is 0. The average molecular weight is 240 g/mol. The highest BCUT2D eigenvalue weighted by Crippen LogP contribution is 2.29. The number of hydrogen-bond acceptors (Lipinski definition) is 3. The summed E-state index contributed by atoms with van der Waals surface area (Å²) < 4.78 is 10.6. The molecule has 2 heterocycles. The van der Waals surface area contributed by atoms with Crippen LogP contribution < -0.4 is 5.63 Å². The maximum Gasteiger partial charge on any atom is 0.336 e. The van der Waals surface area contributed by atoms with Gasteiger partial charge in [0.2, 0.25) is 0 Å². The van der Waals surface area contributed by atoms with Crippen LogP contribution in [0.25, 0.3) is 22.3 Å². The highest BCUT2D eigenvalue weighted by atomic mass is 16.4. The van der Waals surface area contributed by atoms with E-state index in [-0.39, 0.29) is 5.63 Å². The van der Waals surface area contributed by atoms with Gasteiger partial charge in [0.15, 0.2) is 0 Å². The molecule has 3 heteroatoms. The van der Waals surface area contributed by atoms with Crippen LogP contribution in [0.1, 0.15) is 11.1 Å². The fourth-order valence-electron chi connectivity index (χ4n) is 2.16. The Bertz CT molecular complexity index is 764. The van der Waals surface area contributed by atoms with E-state index in [0.717, 1.165) is 27.8 Å². The summed E-state index contributed by atoms with van der Waals surface area (Å²) in [6.07, 6.45) is 1.65. The molecule has 0 spiro atoms. The molecule has 0 saturated carbocycles. The Morgan fingerprint density at radius 2 is 1.89 bits per heavy atom. The second kappa shape index (κ2) is 3.88. The van der Waals surface area contributed by atoms with Crippen molar-refractivity contribution in [3.63, 3.8) is 0 Å². The Balaban J connectivity index is 2.37. The molecule has 90 valence electrons. The maximum absolute atomic E-state index is 11.3. The van der Waals surface area contributed by atoms with E-state index < -0.39 is 0 Å². The van der Waals surface area contributed by atoms with Crippen LogP contribution >= 0.6 is 0 Å². The Labute approximate surface area is 104 Å². The lowest BCUT2D eigenvalue weighted by Gasteiger charge is -2.06. The molecular formula is C15H12O3. The van der Waals surface area contributed by atoms with Crippen LogP contribution in [0.5, 0.6) is 0 Å². The average Bonchev–Trinajstić information content (AvgIpc) is 2.81. The third kappa shape index (κ3) is 1.64. The lowest BCUT2D eigenvalue weighted by molar-refractivity contribution is 0.559. The molecule has 0 aliphatic rings. The van der Waals surface area contributed by atoms with E-state index in [9.17, 15) is 4.79 Å². The van der Waals surface area contributed by atoms with E-state index in [1.807, 2.05) is 38.1 Å². The molecule has 0 atom stereocenters. The zero-order valence-electron chi connectivity index (χ0n) is 10.2. The number of fused-ring (bicyclic) bond motifs is 1. The van der Waals surface area contributed by atoms with Gasteiger partial charge in [-0.2, -0.15) is 0 Å². The summed E-state index contributed by atoms with van der Waals surface area (Å²) in [5.74, 6) is 0.819. The van der Waals surface area contributed by atoms with Crippen LogP contribution in [0.3, 0.4) is 0 Å². The van der Waals surface area contributed by atoms with Crippen LogP contribution in [0.15, 0.2) is 50.2 Å². The Kier molecular flexibility index (Phi) is 2.33. The van der Waals surface area contributed by atoms with Crippen LogP contribution in [-0.2, 0) is 0 Å². The number of rotatable bonds is 1. The Morgan fingerprint density at radius 1 is 1.06 bits per heavy atom. The standard InChI is InChI=1S/C15H12O3/c1-9-6-14-12(10(2)7-15(16)18-14)8-11(9)13-4-3-5-17-13/h3-8H,1-2H3. The van der Waals surface area contributed by atoms with Gasteiger partial charge >= 0.3 is 5.63 Å². The molecule has 1 aromatic carbocycles. The summed E-state index contributed by atoms with van der Waals surface area (Å²) in [6.45, 7) is 3.88. The van der Waals surface area contributed by atoms with Gasteiger partial charge in [0.05, 0.1) is 6.26 Å². The van der Waals surface area contributed by atoms with Crippen molar-refractivity contribution in [1.82, 2.24) is 0 Å². The van der Waals surface area contributed by atoms with Gasteiger partial charge in [0.25, 0.3) is 0 Å². The van der Waals surface area contributed by atoms with Gasteiger partial charge in [-0.25, -0.2) is 4.79 Å². The molecule has 3 aromatic rings. The normalized spacial score (nSPS) is 11.0.